The first-order valence-electron chi connectivity index (χ1n) is 12.4. The molecule has 0 amide bonds. The van der Waals surface area contributed by atoms with E-state index in [4.69, 9.17) is 33.5 Å². The van der Waals surface area contributed by atoms with Crippen molar-refractivity contribution in [3.8, 4) is 23.0 Å². The maximum Gasteiger partial charge on any atom is 0.587 e. The zero-order valence-corrected chi connectivity index (χ0v) is 23.3. The molecule has 0 radical (unpaired) electrons. The van der Waals surface area contributed by atoms with Crippen molar-refractivity contribution in [2.24, 2.45) is 0 Å². The summed E-state index contributed by atoms with van der Waals surface area (Å²) in [6, 6.07) is 11.3. The van der Waals surface area contributed by atoms with Gasteiger partial charge in [-0.15, -0.1) is 0 Å². The van der Waals surface area contributed by atoms with Gasteiger partial charge >= 0.3 is 7.82 Å². The van der Waals surface area contributed by atoms with Crippen molar-refractivity contribution in [2.45, 2.75) is 30.5 Å². The van der Waals surface area contributed by atoms with Crippen LogP contribution < -0.4 is 29.8 Å². The lowest BCUT2D eigenvalue weighted by Crippen LogP contribution is -2.52. The second-order valence-electron chi connectivity index (χ2n) is 9.18. The summed E-state index contributed by atoms with van der Waals surface area (Å²) in [6.07, 6.45) is -9.66. The van der Waals surface area contributed by atoms with Crippen LogP contribution in [0.5, 0.6) is 23.0 Å². The lowest BCUT2D eigenvalue weighted by molar-refractivity contribution is -0.192. The molecule has 4 aromatic rings. The summed E-state index contributed by atoms with van der Waals surface area (Å²) in [5, 5.41) is 10.7. The highest BCUT2D eigenvalue weighted by Gasteiger charge is 2.62. The van der Waals surface area contributed by atoms with E-state index >= 15 is 4.39 Å². The average molecular weight is 627 g/mol. The van der Waals surface area contributed by atoms with Crippen molar-refractivity contribution >= 4 is 24.9 Å². The van der Waals surface area contributed by atoms with Gasteiger partial charge in [-0.05, 0) is 48.5 Å². The fourth-order valence-corrected chi connectivity index (χ4v) is 5.53. The molecule has 1 aliphatic heterocycles. The summed E-state index contributed by atoms with van der Waals surface area (Å²) in [4.78, 5) is 22.0. The molecule has 0 bridgehead atoms. The average Bonchev–Trinajstić information content (AvgIpc) is 3.52. The van der Waals surface area contributed by atoms with Gasteiger partial charge < -0.3 is 34.1 Å². The predicted octanol–water partition coefficient (Wildman–Crippen LogP) is 3.23. The molecule has 0 unspecified atom stereocenters. The van der Waals surface area contributed by atoms with Crippen molar-refractivity contribution in [2.75, 3.05) is 26.6 Å². The van der Waals surface area contributed by atoms with Crippen molar-refractivity contribution in [3.05, 3.63) is 65.2 Å². The number of hydrogen-bond donors (Lipinski definition) is 3. The van der Waals surface area contributed by atoms with E-state index in [1.807, 2.05) is 0 Å². The maximum absolute atomic E-state index is 15.5. The number of nitrogens with zero attached hydrogens (tertiary/aromatic N) is 3. The van der Waals surface area contributed by atoms with E-state index in [1.165, 1.54) is 62.8 Å². The molecule has 4 N–H and O–H groups in total. The van der Waals surface area contributed by atoms with Gasteiger partial charge in [-0.25, -0.2) is 22.7 Å². The van der Waals surface area contributed by atoms with Gasteiger partial charge in [-0.3, -0.25) is 18.9 Å². The highest BCUT2D eigenvalue weighted by atomic mass is 31.2. The number of H-pyrrole nitrogens is 1. The molecular formula is C25H25F3N5O9P. The van der Waals surface area contributed by atoms with Gasteiger partial charge in [0.25, 0.3) is 12.0 Å². The molecule has 0 aliphatic carbocycles. The molecule has 1 fully saturated rings. The van der Waals surface area contributed by atoms with E-state index in [0.29, 0.717) is 11.5 Å². The van der Waals surface area contributed by atoms with Gasteiger partial charge in [-0.1, -0.05) is 0 Å². The first-order valence-corrected chi connectivity index (χ1v) is 13.9. The van der Waals surface area contributed by atoms with Crippen LogP contribution in [0.2, 0.25) is 0 Å². The van der Waals surface area contributed by atoms with Gasteiger partial charge in [-0.2, -0.15) is 4.98 Å². The Morgan fingerprint density at radius 3 is 2.12 bits per heavy atom. The normalized spacial score (nSPS) is 22.2. The predicted molar refractivity (Wildman–Crippen MR) is 143 cm³/mol. The third-order valence-electron chi connectivity index (χ3n) is 6.51. The van der Waals surface area contributed by atoms with Crippen molar-refractivity contribution in [3.63, 3.8) is 0 Å². The quantitative estimate of drug-likeness (QED) is 0.207. The second-order valence-corrected chi connectivity index (χ2v) is 10.7. The number of nitrogen functional groups attached to an aromatic ring is 1. The number of fused-ring (bicyclic) bond motifs is 1. The van der Waals surface area contributed by atoms with Crippen molar-refractivity contribution in [1.82, 2.24) is 19.5 Å². The minimum absolute atomic E-state index is 0.0587. The number of halogens is 3. The largest absolute Gasteiger partial charge is 0.587 e. The lowest BCUT2D eigenvalue weighted by atomic mass is 9.97. The van der Waals surface area contributed by atoms with Crippen LogP contribution in [0.25, 0.3) is 11.2 Å². The second kappa shape index (κ2) is 11.8. The topological polar surface area (TPSA) is 182 Å². The van der Waals surface area contributed by atoms with E-state index in [9.17, 15) is 23.2 Å². The summed E-state index contributed by atoms with van der Waals surface area (Å²) >= 11 is 0. The van der Waals surface area contributed by atoms with Crippen LogP contribution in [-0.4, -0.2) is 69.8 Å². The Bertz CT molecular complexity index is 1640. The third kappa shape index (κ3) is 5.84. The first kappa shape index (κ1) is 30.2. The fourth-order valence-electron chi connectivity index (χ4n) is 4.27. The Hall–Kier alpha value is -4.31. The van der Waals surface area contributed by atoms with Gasteiger partial charge in [0.15, 0.2) is 29.2 Å². The monoisotopic (exact) mass is 627 g/mol. The van der Waals surface area contributed by atoms with Crippen LogP contribution in [0.3, 0.4) is 0 Å². The molecular weight excluding hydrogens is 602 g/mol. The summed E-state index contributed by atoms with van der Waals surface area (Å²) in [7, 11) is -2.00. The number of aliphatic hydroxyl groups is 1. The van der Waals surface area contributed by atoms with E-state index < -0.39 is 50.5 Å². The molecule has 3 heterocycles. The Balaban J connectivity index is 1.46. The van der Waals surface area contributed by atoms with Crippen LogP contribution in [0.1, 0.15) is 6.23 Å². The maximum atomic E-state index is 15.5. The van der Waals surface area contributed by atoms with E-state index in [-0.39, 0.29) is 28.6 Å². The molecule has 1 aliphatic rings. The number of alkyl halides is 3. The number of rotatable bonds is 11. The number of benzene rings is 2. The molecule has 0 spiro atoms. The highest BCUT2D eigenvalue weighted by Crippen LogP contribution is 2.53. The van der Waals surface area contributed by atoms with Gasteiger partial charge in [0, 0.05) is 0 Å². The number of ether oxygens (including phenoxy) is 3. The van der Waals surface area contributed by atoms with Crippen molar-refractivity contribution in [1.29, 1.82) is 0 Å². The molecule has 1 saturated heterocycles. The molecule has 5 rings (SSSR count). The molecule has 230 valence electrons. The molecule has 18 heteroatoms. The number of nitrogens with two attached hydrogens (primary N) is 1. The minimum Gasteiger partial charge on any atom is -0.497 e. The number of aromatic nitrogens is 4. The van der Waals surface area contributed by atoms with Gasteiger partial charge in [0.05, 0.1) is 27.2 Å². The SMILES string of the molecule is COc1ccc(OP(=O)(OC[C@@]2(C(F)F)O[C@@H](n3cnc4c(=O)[nH]c(N)nc43)[C@@H](F)[C@@H]2O)Oc2ccc(OC)cc2)cc1. The van der Waals surface area contributed by atoms with Crippen molar-refractivity contribution < 1.29 is 50.6 Å². The van der Waals surface area contributed by atoms with E-state index in [0.717, 1.165) is 10.9 Å². The van der Waals surface area contributed by atoms with Gasteiger partial charge in [0.2, 0.25) is 5.95 Å². The third-order valence-corrected chi connectivity index (χ3v) is 7.82. The minimum atomic E-state index is -4.85. The number of phosphoric acid groups is 1. The molecule has 14 nitrogen and oxygen atoms in total. The number of aliphatic hydroxyl groups excluding tert-OH is 1. The first-order chi connectivity index (χ1) is 20.5. The number of methoxy groups -OCH3 is 2. The van der Waals surface area contributed by atoms with Crippen LogP contribution in [0.15, 0.2) is 59.7 Å². The fraction of sp³-hybridized carbons (Fsp3) is 0.320. The van der Waals surface area contributed by atoms with E-state index in [1.54, 1.807) is 0 Å². The molecule has 4 atom stereocenters. The molecule has 2 aromatic heterocycles. The zero-order valence-electron chi connectivity index (χ0n) is 22.4. The number of imidazole rings is 1. The summed E-state index contributed by atoms with van der Waals surface area (Å²) in [5.74, 6) is 0.393. The highest BCUT2D eigenvalue weighted by molar-refractivity contribution is 7.49. The Kier molecular flexibility index (Phi) is 8.25. The Morgan fingerprint density at radius 2 is 1.60 bits per heavy atom. The standard InChI is InChI=1S/C25H25F3N5O9P/c1-37-13-3-7-15(8-4-13)41-43(36,42-16-9-5-14(38-2)6-10-16)39-11-25(23(27)28)19(34)17(26)22(40-25)33-12-30-18-20(33)31-24(29)32-21(18)35/h3-10,12,17,19,22-23,34H,11H2,1-2H3,(H3,29,31,32,35)/t17-,19-,22+,25+/m0/s1. The van der Waals surface area contributed by atoms with Crippen LogP contribution in [0.4, 0.5) is 19.1 Å². The number of phosphoric ester groups is 1. The summed E-state index contributed by atoms with van der Waals surface area (Å²) < 4.78 is 91.2. The molecule has 0 saturated carbocycles. The Labute approximate surface area is 240 Å². The van der Waals surface area contributed by atoms with Crippen LogP contribution >= 0.6 is 7.82 Å². The lowest BCUT2D eigenvalue weighted by Gasteiger charge is -2.31. The van der Waals surface area contributed by atoms with Gasteiger partial charge in [0.1, 0.15) is 29.1 Å². The number of hydrogen-bond acceptors (Lipinski definition) is 12. The summed E-state index contributed by atoms with van der Waals surface area (Å²) in [5.41, 5.74) is 1.13. The summed E-state index contributed by atoms with van der Waals surface area (Å²) in [6.45, 7) is -1.37. The number of anilines is 1. The Morgan fingerprint density at radius 1 is 1.07 bits per heavy atom. The zero-order chi connectivity index (χ0) is 30.9. The molecule has 2 aromatic carbocycles. The van der Waals surface area contributed by atoms with Crippen LogP contribution in [0, 0.1) is 0 Å². The molecule has 43 heavy (non-hydrogen) atoms. The number of nitrogens with one attached hydrogen (secondary N) is 1. The smallest absolute Gasteiger partial charge is 0.497 e. The number of aromatic amines is 1. The van der Waals surface area contributed by atoms with E-state index in [2.05, 4.69) is 15.0 Å². The van der Waals surface area contributed by atoms with Crippen LogP contribution in [-0.2, 0) is 13.8 Å².